The van der Waals surface area contributed by atoms with Gasteiger partial charge in [-0.15, -0.1) is 0 Å². The fourth-order valence-corrected chi connectivity index (χ4v) is 1.62. The molecule has 0 radical (unpaired) electrons. The normalized spacial score (nSPS) is 33.3. The van der Waals surface area contributed by atoms with Crippen molar-refractivity contribution in [3.8, 4) is 0 Å². The molecule has 0 aromatic carbocycles. The predicted octanol–water partition coefficient (Wildman–Crippen LogP) is 1.50. The summed E-state index contributed by atoms with van der Waals surface area (Å²) in [5.41, 5.74) is -0.0638. The quantitative estimate of drug-likeness (QED) is 0.834. The Labute approximate surface area is 108 Å². The van der Waals surface area contributed by atoms with Crippen LogP contribution >= 0.6 is 0 Å². The van der Waals surface area contributed by atoms with Crippen LogP contribution in [-0.2, 0) is 18.9 Å². The van der Waals surface area contributed by atoms with Gasteiger partial charge in [0.15, 0.2) is 0 Å². The summed E-state index contributed by atoms with van der Waals surface area (Å²) >= 11 is 0. The van der Waals surface area contributed by atoms with Crippen LogP contribution in [0.2, 0.25) is 0 Å². The Bertz CT molecular complexity index is 257. The standard InChI is InChI=1S/C10H17NO5.C2H6/c1-3-13-8(12)11-4-10-14-5-9(2,6-15-10)7-16-10;1-2/h3-7H2,1-2H3,(H,11,12);1-2H3. The van der Waals surface area contributed by atoms with E-state index in [0.717, 1.165) is 0 Å². The molecule has 0 spiro atoms. The van der Waals surface area contributed by atoms with Gasteiger partial charge < -0.3 is 24.3 Å². The molecule has 3 saturated heterocycles. The summed E-state index contributed by atoms with van der Waals surface area (Å²) in [6, 6.07) is 0. The third-order valence-corrected chi connectivity index (χ3v) is 2.65. The van der Waals surface area contributed by atoms with Crippen LogP contribution in [0.5, 0.6) is 0 Å². The molecule has 106 valence electrons. The monoisotopic (exact) mass is 261 g/mol. The maximum atomic E-state index is 11.1. The smallest absolute Gasteiger partial charge is 0.407 e. The molecule has 6 heteroatoms. The zero-order valence-corrected chi connectivity index (χ0v) is 11.6. The number of hydrogen-bond acceptors (Lipinski definition) is 5. The first kappa shape index (κ1) is 15.2. The molecule has 0 aromatic heterocycles. The fraction of sp³-hybridized carbons (Fsp3) is 0.917. The van der Waals surface area contributed by atoms with Crippen LogP contribution in [0.25, 0.3) is 0 Å². The lowest BCUT2D eigenvalue weighted by atomic mass is 9.92. The Morgan fingerprint density at radius 3 is 2.17 bits per heavy atom. The van der Waals surface area contributed by atoms with Crippen LogP contribution in [0.4, 0.5) is 4.79 Å². The van der Waals surface area contributed by atoms with E-state index in [1.807, 2.05) is 20.8 Å². The summed E-state index contributed by atoms with van der Waals surface area (Å²) in [4.78, 5) is 11.1. The molecular weight excluding hydrogens is 238 g/mol. The molecule has 3 heterocycles. The van der Waals surface area contributed by atoms with E-state index in [-0.39, 0.29) is 12.0 Å². The summed E-state index contributed by atoms with van der Waals surface area (Å²) in [7, 11) is 0. The SMILES string of the molecule is CC.CCOC(=O)NCC12OCC(C)(CO1)CO2. The lowest BCUT2D eigenvalue weighted by Crippen LogP contribution is -2.62. The highest BCUT2D eigenvalue weighted by atomic mass is 16.9. The van der Waals surface area contributed by atoms with Crippen molar-refractivity contribution in [2.45, 2.75) is 33.7 Å². The second-order valence-corrected chi connectivity index (χ2v) is 4.43. The molecule has 1 N–H and O–H groups in total. The van der Waals surface area contributed by atoms with Crippen molar-refractivity contribution in [2.75, 3.05) is 33.0 Å². The maximum absolute atomic E-state index is 11.1. The molecule has 2 bridgehead atoms. The molecule has 0 aromatic rings. The first-order chi connectivity index (χ1) is 8.58. The van der Waals surface area contributed by atoms with Crippen LogP contribution in [0.3, 0.4) is 0 Å². The van der Waals surface area contributed by atoms with E-state index in [9.17, 15) is 4.79 Å². The topological polar surface area (TPSA) is 66.0 Å². The van der Waals surface area contributed by atoms with Gasteiger partial charge in [-0.05, 0) is 6.92 Å². The van der Waals surface area contributed by atoms with E-state index < -0.39 is 12.1 Å². The molecule has 0 saturated carbocycles. The number of fused-ring (bicyclic) bond motifs is 3. The van der Waals surface area contributed by atoms with Crippen LogP contribution in [0, 0.1) is 5.41 Å². The summed E-state index contributed by atoms with van der Waals surface area (Å²) in [6.45, 7) is 10.00. The average Bonchev–Trinajstić information content (AvgIpc) is 2.41. The van der Waals surface area contributed by atoms with Crippen LogP contribution in [0.15, 0.2) is 0 Å². The van der Waals surface area contributed by atoms with Gasteiger partial charge in [0.25, 0.3) is 0 Å². The van der Waals surface area contributed by atoms with Crippen molar-refractivity contribution in [1.82, 2.24) is 5.32 Å². The number of amides is 1. The number of carbonyl (C=O) groups excluding carboxylic acids is 1. The minimum Gasteiger partial charge on any atom is -0.450 e. The highest BCUT2D eigenvalue weighted by Gasteiger charge is 2.50. The van der Waals surface area contributed by atoms with E-state index >= 15 is 0 Å². The van der Waals surface area contributed by atoms with Gasteiger partial charge in [-0.2, -0.15) is 0 Å². The third-order valence-electron chi connectivity index (χ3n) is 2.65. The third kappa shape index (κ3) is 3.57. The predicted molar refractivity (Wildman–Crippen MR) is 65.1 cm³/mol. The van der Waals surface area contributed by atoms with E-state index in [1.54, 1.807) is 6.92 Å². The van der Waals surface area contributed by atoms with Gasteiger partial charge in [-0.3, -0.25) is 0 Å². The van der Waals surface area contributed by atoms with Crippen molar-refractivity contribution in [3.05, 3.63) is 0 Å². The average molecular weight is 261 g/mol. The lowest BCUT2D eigenvalue weighted by molar-refractivity contribution is -0.461. The molecule has 1 amide bonds. The highest BCUT2D eigenvalue weighted by Crippen LogP contribution is 2.37. The van der Waals surface area contributed by atoms with E-state index in [0.29, 0.717) is 26.4 Å². The van der Waals surface area contributed by atoms with Crippen molar-refractivity contribution >= 4 is 6.09 Å². The second-order valence-electron chi connectivity index (χ2n) is 4.43. The van der Waals surface area contributed by atoms with Gasteiger partial charge in [0, 0.05) is 5.41 Å². The maximum Gasteiger partial charge on any atom is 0.407 e. The van der Waals surface area contributed by atoms with Crippen LogP contribution in [0.1, 0.15) is 27.7 Å². The number of hydrogen-bond donors (Lipinski definition) is 1. The molecule has 3 rings (SSSR count). The Hall–Kier alpha value is -0.850. The zero-order chi connectivity index (χ0) is 13.6. The Kier molecular flexibility index (Phi) is 5.37. The van der Waals surface area contributed by atoms with Crippen molar-refractivity contribution < 1.29 is 23.7 Å². The Balaban J connectivity index is 0.000000771. The van der Waals surface area contributed by atoms with Crippen molar-refractivity contribution in [2.24, 2.45) is 5.41 Å². The van der Waals surface area contributed by atoms with Gasteiger partial charge in [-0.25, -0.2) is 4.79 Å². The number of alkyl carbamates (subject to hydrolysis) is 1. The first-order valence-corrected chi connectivity index (χ1v) is 6.40. The van der Waals surface area contributed by atoms with Crippen molar-refractivity contribution in [1.29, 1.82) is 0 Å². The van der Waals surface area contributed by atoms with Crippen LogP contribution < -0.4 is 5.32 Å². The van der Waals surface area contributed by atoms with Gasteiger partial charge in [-0.1, -0.05) is 20.8 Å². The number of ether oxygens (including phenoxy) is 4. The summed E-state index contributed by atoms with van der Waals surface area (Å²) in [5, 5.41) is 2.55. The molecule has 6 nitrogen and oxygen atoms in total. The molecular formula is C12H23NO5. The fourth-order valence-electron chi connectivity index (χ4n) is 1.62. The van der Waals surface area contributed by atoms with Gasteiger partial charge in [0.05, 0.1) is 26.4 Å². The van der Waals surface area contributed by atoms with Gasteiger partial charge in [0.1, 0.15) is 6.54 Å². The molecule has 3 aliphatic rings. The lowest BCUT2D eigenvalue weighted by Gasteiger charge is -2.50. The molecule has 18 heavy (non-hydrogen) atoms. The first-order valence-electron chi connectivity index (χ1n) is 6.40. The molecule has 0 aliphatic carbocycles. The largest absolute Gasteiger partial charge is 0.450 e. The molecule has 0 unspecified atom stereocenters. The van der Waals surface area contributed by atoms with E-state index in [2.05, 4.69) is 5.32 Å². The highest BCUT2D eigenvalue weighted by molar-refractivity contribution is 5.67. The second kappa shape index (κ2) is 6.36. The van der Waals surface area contributed by atoms with Crippen molar-refractivity contribution in [3.63, 3.8) is 0 Å². The summed E-state index contributed by atoms with van der Waals surface area (Å²) < 4.78 is 21.2. The zero-order valence-electron chi connectivity index (χ0n) is 11.6. The minimum atomic E-state index is -1.12. The molecule has 0 atom stereocenters. The van der Waals surface area contributed by atoms with Gasteiger partial charge in [0.2, 0.25) is 0 Å². The van der Waals surface area contributed by atoms with E-state index in [4.69, 9.17) is 18.9 Å². The van der Waals surface area contributed by atoms with E-state index in [1.165, 1.54) is 0 Å². The number of rotatable bonds is 3. The Morgan fingerprint density at radius 1 is 1.22 bits per heavy atom. The molecule has 3 fully saturated rings. The van der Waals surface area contributed by atoms with Crippen LogP contribution in [-0.4, -0.2) is 45.0 Å². The summed E-state index contributed by atoms with van der Waals surface area (Å²) in [6.07, 6.45) is -0.494. The Morgan fingerprint density at radius 2 is 1.72 bits per heavy atom. The van der Waals surface area contributed by atoms with Gasteiger partial charge >= 0.3 is 12.1 Å². The number of carbonyl (C=O) groups is 1. The molecule has 3 aliphatic heterocycles. The minimum absolute atomic E-state index is 0.0638. The number of nitrogens with one attached hydrogen (secondary N) is 1. The summed E-state index contributed by atoms with van der Waals surface area (Å²) in [5.74, 6) is -1.12.